The molecular weight excluding hydrogens is 202 g/mol. The van der Waals surface area contributed by atoms with E-state index in [0.717, 1.165) is 31.7 Å². The van der Waals surface area contributed by atoms with Gasteiger partial charge in [0, 0.05) is 26.4 Å². The van der Waals surface area contributed by atoms with Gasteiger partial charge in [-0.15, -0.1) is 0 Å². The van der Waals surface area contributed by atoms with Crippen LogP contribution in [0.5, 0.6) is 0 Å². The molecule has 1 aromatic rings. The minimum atomic E-state index is 0.705. The molecule has 1 aromatic heterocycles. The van der Waals surface area contributed by atoms with Crippen molar-refractivity contribution < 1.29 is 4.74 Å². The zero-order valence-electron chi connectivity index (χ0n) is 10.1. The maximum absolute atomic E-state index is 5.00. The second kappa shape index (κ2) is 8.07. The fraction of sp³-hybridized carbons (Fsp3) is 0.583. The number of nitrogens with one attached hydrogen (secondary N) is 2. The summed E-state index contributed by atoms with van der Waals surface area (Å²) in [6.45, 7) is 5.60. The standard InChI is InChI=1S/C12H21N3O/c1-3-5-13-9-11-4-6-14-10-12(11)15-7-8-16-2/h4,6,10,13,15H,3,5,7-9H2,1-2H3. The van der Waals surface area contributed by atoms with Crippen molar-refractivity contribution in [2.45, 2.75) is 19.9 Å². The number of aromatic nitrogens is 1. The molecule has 0 aliphatic rings. The van der Waals surface area contributed by atoms with E-state index >= 15 is 0 Å². The lowest BCUT2D eigenvalue weighted by Crippen LogP contribution is -2.16. The van der Waals surface area contributed by atoms with Crippen LogP contribution >= 0.6 is 0 Å². The maximum Gasteiger partial charge on any atom is 0.0635 e. The van der Waals surface area contributed by atoms with Gasteiger partial charge in [-0.2, -0.15) is 0 Å². The van der Waals surface area contributed by atoms with Crippen molar-refractivity contribution >= 4 is 5.69 Å². The van der Waals surface area contributed by atoms with Gasteiger partial charge in [0.2, 0.25) is 0 Å². The quantitative estimate of drug-likeness (QED) is 0.658. The SMILES string of the molecule is CCCNCc1ccncc1NCCOC. The minimum Gasteiger partial charge on any atom is -0.383 e. The van der Waals surface area contributed by atoms with E-state index < -0.39 is 0 Å². The van der Waals surface area contributed by atoms with Crippen molar-refractivity contribution in [3.05, 3.63) is 24.0 Å². The molecule has 4 heteroatoms. The van der Waals surface area contributed by atoms with E-state index in [2.05, 4.69) is 22.5 Å². The molecule has 0 aromatic carbocycles. The van der Waals surface area contributed by atoms with E-state index in [4.69, 9.17) is 4.74 Å². The predicted octanol–water partition coefficient (Wildman–Crippen LogP) is 1.64. The molecule has 1 heterocycles. The highest BCUT2D eigenvalue weighted by atomic mass is 16.5. The molecular formula is C12H21N3O. The Morgan fingerprint density at radius 3 is 3.00 bits per heavy atom. The molecule has 0 aliphatic carbocycles. The Kier molecular flexibility index (Phi) is 6.53. The van der Waals surface area contributed by atoms with Crippen molar-refractivity contribution in [3.8, 4) is 0 Å². The van der Waals surface area contributed by atoms with E-state index in [9.17, 15) is 0 Å². The lowest BCUT2D eigenvalue weighted by molar-refractivity contribution is 0.210. The topological polar surface area (TPSA) is 46.2 Å². The Labute approximate surface area is 97.4 Å². The van der Waals surface area contributed by atoms with E-state index in [1.54, 1.807) is 7.11 Å². The number of hydrogen-bond acceptors (Lipinski definition) is 4. The molecule has 90 valence electrons. The van der Waals surface area contributed by atoms with Crippen LogP contribution in [-0.2, 0) is 11.3 Å². The van der Waals surface area contributed by atoms with Crippen molar-refractivity contribution in [2.75, 3.05) is 32.1 Å². The third-order valence-electron chi connectivity index (χ3n) is 2.28. The first-order chi connectivity index (χ1) is 7.88. The molecule has 0 amide bonds. The molecule has 0 atom stereocenters. The Bertz CT molecular complexity index is 262. The highest BCUT2D eigenvalue weighted by Gasteiger charge is 2.00. The van der Waals surface area contributed by atoms with Gasteiger partial charge < -0.3 is 15.4 Å². The molecule has 4 nitrogen and oxygen atoms in total. The summed E-state index contributed by atoms with van der Waals surface area (Å²) in [4.78, 5) is 4.12. The molecule has 0 saturated heterocycles. The van der Waals surface area contributed by atoms with Crippen LogP contribution in [0.15, 0.2) is 18.5 Å². The van der Waals surface area contributed by atoms with Gasteiger partial charge in [0.05, 0.1) is 18.5 Å². The third-order valence-corrected chi connectivity index (χ3v) is 2.28. The van der Waals surface area contributed by atoms with E-state index in [-0.39, 0.29) is 0 Å². The highest BCUT2D eigenvalue weighted by Crippen LogP contribution is 2.12. The van der Waals surface area contributed by atoms with Crippen molar-refractivity contribution in [1.82, 2.24) is 10.3 Å². The average Bonchev–Trinajstić information content (AvgIpc) is 2.32. The van der Waals surface area contributed by atoms with Gasteiger partial charge in [0.15, 0.2) is 0 Å². The van der Waals surface area contributed by atoms with Gasteiger partial charge in [-0.25, -0.2) is 0 Å². The second-order valence-electron chi connectivity index (χ2n) is 3.63. The van der Waals surface area contributed by atoms with Crippen LogP contribution in [0.4, 0.5) is 5.69 Å². The number of rotatable bonds is 8. The molecule has 0 aliphatic heterocycles. The Balaban J connectivity index is 2.46. The summed E-state index contributed by atoms with van der Waals surface area (Å²) >= 11 is 0. The first-order valence-electron chi connectivity index (χ1n) is 5.75. The van der Waals surface area contributed by atoms with Gasteiger partial charge in [0.1, 0.15) is 0 Å². The lowest BCUT2D eigenvalue weighted by atomic mass is 10.2. The molecule has 2 N–H and O–H groups in total. The molecule has 0 unspecified atom stereocenters. The zero-order chi connectivity index (χ0) is 11.6. The molecule has 0 spiro atoms. The summed E-state index contributed by atoms with van der Waals surface area (Å²) in [5, 5.41) is 6.70. The fourth-order valence-electron chi connectivity index (χ4n) is 1.42. The highest BCUT2D eigenvalue weighted by molar-refractivity contribution is 5.48. The summed E-state index contributed by atoms with van der Waals surface area (Å²) in [7, 11) is 1.70. The Hall–Kier alpha value is -1.13. The molecule has 0 saturated carbocycles. The second-order valence-corrected chi connectivity index (χ2v) is 3.63. The van der Waals surface area contributed by atoms with E-state index in [1.165, 1.54) is 5.56 Å². The first kappa shape index (κ1) is 12.9. The van der Waals surface area contributed by atoms with Crippen LogP contribution in [0.3, 0.4) is 0 Å². The summed E-state index contributed by atoms with van der Waals surface area (Å²) in [5.74, 6) is 0. The van der Waals surface area contributed by atoms with Crippen molar-refractivity contribution in [3.63, 3.8) is 0 Å². The zero-order valence-corrected chi connectivity index (χ0v) is 10.1. The lowest BCUT2D eigenvalue weighted by Gasteiger charge is -2.11. The minimum absolute atomic E-state index is 0.705. The van der Waals surface area contributed by atoms with Crippen LogP contribution in [0.2, 0.25) is 0 Å². The number of methoxy groups -OCH3 is 1. The first-order valence-corrected chi connectivity index (χ1v) is 5.75. The monoisotopic (exact) mass is 223 g/mol. The van der Waals surface area contributed by atoms with Crippen LogP contribution in [0.25, 0.3) is 0 Å². The van der Waals surface area contributed by atoms with Crippen LogP contribution in [0, 0.1) is 0 Å². The third kappa shape index (κ3) is 4.59. The molecule has 0 fully saturated rings. The smallest absolute Gasteiger partial charge is 0.0635 e. The molecule has 1 rings (SSSR count). The van der Waals surface area contributed by atoms with Crippen molar-refractivity contribution in [1.29, 1.82) is 0 Å². The average molecular weight is 223 g/mol. The van der Waals surface area contributed by atoms with Gasteiger partial charge in [-0.3, -0.25) is 4.98 Å². The molecule has 0 bridgehead atoms. The summed E-state index contributed by atoms with van der Waals surface area (Å²) in [6.07, 6.45) is 4.83. The number of nitrogens with zero attached hydrogens (tertiary/aromatic N) is 1. The number of hydrogen-bond donors (Lipinski definition) is 2. The van der Waals surface area contributed by atoms with Crippen molar-refractivity contribution in [2.24, 2.45) is 0 Å². The summed E-state index contributed by atoms with van der Waals surface area (Å²) in [6, 6.07) is 2.04. The van der Waals surface area contributed by atoms with Crippen LogP contribution in [0.1, 0.15) is 18.9 Å². The summed E-state index contributed by atoms with van der Waals surface area (Å²) < 4.78 is 5.00. The Morgan fingerprint density at radius 1 is 1.38 bits per heavy atom. The number of pyridine rings is 1. The Morgan fingerprint density at radius 2 is 2.25 bits per heavy atom. The van der Waals surface area contributed by atoms with Crippen LogP contribution < -0.4 is 10.6 Å². The van der Waals surface area contributed by atoms with Gasteiger partial charge >= 0.3 is 0 Å². The number of ether oxygens (including phenoxy) is 1. The maximum atomic E-state index is 5.00. The van der Waals surface area contributed by atoms with Gasteiger partial charge in [-0.05, 0) is 24.6 Å². The number of anilines is 1. The predicted molar refractivity (Wildman–Crippen MR) is 66.6 cm³/mol. The largest absolute Gasteiger partial charge is 0.383 e. The normalized spacial score (nSPS) is 10.4. The van der Waals surface area contributed by atoms with E-state index in [1.807, 2.05) is 18.5 Å². The van der Waals surface area contributed by atoms with Crippen LogP contribution in [-0.4, -0.2) is 31.8 Å². The molecule has 0 radical (unpaired) electrons. The van der Waals surface area contributed by atoms with E-state index in [0.29, 0.717) is 6.61 Å². The summed E-state index contributed by atoms with van der Waals surface area (Å²) in [5.41, 5.74) is 2.34. The molecule has 16 heavy (non-hydrogen) atoms. The van der Waals surface area contributed by atoms with Gasteiger partial charge in [0.25, 0.3) is 0 Å². The fourth-order valence-corrected chi connectivity index (χ4v) is 1.42. The van der Waals surface area contributed by atoms with Gasteiger partial charge in [-0.1, -0.05) is 6.92 Å².